The van der Waals surface area contributed by atoms with Gasteiger partial charge in [0.1, 0.15) is 23.0 Å². The second-order valence-corrected chi connectivity index (χ2v) is 10.9. The predicted octanol–water partition coefficient (Wildman–Crippen LogP) is 4.44. The SMILES string of the molecule is CC[C@@]1(C)C(=O)[C@@H]2[C@H]3C(=O)[C@](C)(CC)c4oc(C)c(C)c(=O)c4[C@H]3[C@@H]2c2c1oc(C)c(C)c2=O. The number of Topliss-reactive ketones (excluding diaryl/α,β-unsaturated/α-hetero) is 2. The summed E-state index contributed by atoms with van der Waals surface area (Å²) in [5.41, 5.74) is -0.338. The predicted molar refractivity (Wildman–Crippen MR) is 127 cm³/mol. The first-order valence-corrected chi connectivity index (χ1v) is 12.2. The fourth-order valence-corrected chi connectivity index (χ4v) is 6.67. The molecule has 0 saturated heterocycles. The normalized spacial score (nSPS) is 33.5. The number of carbonyl (C=O) groups excluding carboxylic acids is 2. The van der Waals surface area contributed by atoms with E-state index in [1.165, 1.54) is 0 Å². The first kappa shape index (κ1) is 23.0. The van der Waals surface area contributed by atoms with Gasteiger partial charge in [-0.2, -0.15) is 0 Å². The average Bonchev–Trinajstić information content (AvgIpc) is 2.80. The van der Waals surface area contributed by atoms with E-state index in [0.717, 1.165) is 0 Å². The summed E-state index contributed by atoms with van der Waals surface area (Å²) in [6, 6.07) is 0. The summed E-state index contributed by atoms with van der Waals surface area (Å²) in [7, 11) is 0. The minimum absolute atomic E-state index is 0.0661. The lowest BCUT2D eigenvalue weighted by Crippen LogP contribution is -2.65. The molecule has 180 valence electrons. The Kier molecular flexibility index (Phi) is 4.66. The van der Waals surface area contributed by atoms with Gasteiger partial charge >= 0.3 is 0 Å². The molecule has 2 aromatic rings. The monoisotopic (exact) mass is 464 g/mol. The fraction of sp³-hybridized carbons (Fsp3) is 0.571. The van der Waals surface area contributed by atoms with Crippen molar-refractivity contribution in [2.24, 2.45) is 11.8 Å². The lowest BCUT2D eigenvalue weighted by Gasteiger charge is -2.59. The van der Waals surface area contributed by atoms with Crippen LogP contribution in [0.1, 0.15) is 97.7 Å². The van der Waals surface area contributed by atoms with Crippen LogP contribution in [0, 0.1) is 39.5 Å². The topological polar surface area (TPSA) is 94.6 Å². The van der Waals surface area contributed by atoms with Crippen LogP contribution in [0.5, 0.6) is 0 Å². The lowest BCUT2D eigenvalue weighted by molar-refractivity contribution is -0.152. The van der Waals surface area contributed by atoms with Gasteiger partial charge in [0, 0.05) is 45.9 Å². The number of rotatable bonds is 2. The maximum atomic E-state index is 14.0. The third-order valence-corrected chi connectivity index (χ3v) is 9.55. The van der Waals surface area contributed by atoms with Gasteiger partial charge in [0.05, 0.1) is 10.8 Å². The van der Waals surface area contributed by atoms with Crippen molar-refractivity contribution < 1.29 is 18.4 Å². The van der Waals surface area contributed by atoms with Crippen molar-refractivity contribution in [3.05, 3.63) is 65.7 Å². The maximum Gasteiger partial charge on any atom is 0.191 e. The standard InChI is InChI=1S/C28H32O6/c1-9-27(7)23(31)17-15(19-21(29)11(3)13(5)33-25(19)27)16-18(17)24(32)28(8,10-2)26-20(16)22(30)12(4)14(6)34-26/h15-18H,9-10H2,1-8H3/t15-,16-,17-,18-,27-,28-/m0/s1. The molecule has 6 nitrogen and oxygen atoms in total. The molecule has 6 heteroatoms. The van der Waals surface area contributed by atoms with E-state index in [1.807, 2.05) is 27.7 Å². The van der Waals surface area contributed by atoms with Gasteiger partial charge in [0.2, 0.25) is 0 Å². The minimum atomic E-state index is -0.990. The van der Waals surface area contributed by atoms with Gasteiger partial charge in [-0.25, -0.2) is 0 Å². The Hall–Kier alpha value is -2.76. The molecule has 6 atom stereocenters. The Morgan fingerprint density at radius 2 is 0.941 bits per heavy atom. The van der Waals surface area contributed by atoms with Crippen LogP contribution in [-0.2, 0) is 20.4 Å². The first-order valence-electron chi connectivity index (χ1n) is 12.2. The van der Waals surface area contributed by atoms with Crippen molar-refractivity contribution >= 4 is 11.6 Å². The molecule has 2 aromatic heterocycles. The molecule has 5 rings (SSSR count). The second kappa shape index (κ2) is 6.89. The summed E-state index contributed by atoms with van der Waals surface area (Å²) in [6.45, 7) is 14.4. The van der Waals surface area contributed by atoms with Gasteiger partial charge < -0.3 is 8.83 Å². The second-order valence-electron chi connectivity index (χ2n) is 10.9. The third-order valence-electron chi connectivity index (χ3n) is 9.55. The quantitative estimate of drug-likeness (QED) is 0.652. The van der Waals surface area contributed by atoms with Crippen LogP contribution >= 0.6 is 0 Å². The van der Waals surface area contributed by atoms with Crippen molar-refractivity contribution in [3.63, 3.8) is 0 Å². The molecular formula is C28H32O6. The Labute approximate surface area is 198 Å². The Balaban J connectivity index is 1.89. The van der Waals surface area contributed by atoms with E-state index < -0.39 is 34.5 Å². The highest BCUT2D eigenvalue weighted by atomic mass is 16.3. The van der Waals surface area contributed by atoms with E-state index in [4.69, 9.17) is 8.83 Å². The summed E-state index contributed by atoms with van der Waals surface area (Å²) >= 11 is 0. The molecule has 3 aliphatic rings. The third kappa shape index (κ3) is 2.37. The molecule has 34 heavy (non-hydrogen) atoms. The Morgan fingerprint density at radius 1 is 0.618 bits per heavy atom. The van der Waals surface area contributed by atoms with Gasteiger partial charge in [-0.15, -0.1) is 0 Å². The van der Waals surface area contributed by atoms with Crippen LogP contribution in [0.15, 0.2) is 18.4 Å². The highest BCUT2D eigenvalue weighted by Gasteiger charge is 2.70. The van der Waals surface area contributed by atoms with E-state index in [9.17, 15) is 19.2 Å². The molecule has 0 bridgehead atoms. The number of hydrogen-bond acceptors (Lipinski definition) is 6. The van der Waals surface area contributed by atoms with Crippen molar-refractivity contribution in [2.45, 2.75) is 90.9 Å². The van der Waals surface area contributed by atoms with Gasteiger partial charge in [0.25, 0.3) is 0 Å². The zero-order valence-electron chi connectivity index (χ0n) is 21.2. The van der Waals surface area contributed by atoms with Crippen molar-refractivity contribution in [2.75, 3.05) is 0 Å². The molecular weight excluding hydrogens is 432 g/mol. The van der Waals surface area contributed by atoms with E-state index in [2.05, 4.69) is 0 Å². The number of carbonyl (C=O) groups is 2. The van der Waals surface area contributed by atoms with Crippen LogP contribution in [0.25, 0.3) is 0 Å². The highest BCUT2D eigenvalue weighted by molar-refractivity contribution is 6.04. The molecule has 0 radical (unpaired) electrons. The van der Waals surface area contributed by atoms with Crippen molar-refractivity contribution in [1.29, 1.82) is 0 Å². The van der Waals surface area contributed by atoms with Crippen molar-refractivity contribution in [1.82, 2.24) is 0 Å². The molecule has 0 unspecified atom stereocenters. The van der Waals surface area contributed by atoms with Gasteiger partial charge in [-0.05, 0) is 54.4 Å². The van der Waals surface area contributed by atoms with Gasteiger partial charge in [0.15, 0.2) is 22.4 Å². The number of aryl methyl sites for hydroxylation is 2. The number of hydrogen-bond donors (Lipinski definition) is 0. The molecule has 3 aliphatic carbocycles. The van der Waals surface area contributed by atoms with Crippen LogP contribution < -0.4 is 10.9 Å². The summed E-state index contributed by atoms with van der Waals surface area (Å²) in [5.74, 6) is -0.732. The van der Waals surface area contributed by atoms with Gasteiger partial charge in [-0.1, -0.05) is 13.8 Å². The average molecular weight is 465 g/mol. The molecule has 2 heterocycles. The smallest absolute Gasteiger partial charge is 0.191 e. The van der Waals surface area contributed by atoms with Crippen LogP contribution in [0.4, 0.5) is 0 Å². The van der Waals surface area contributed by atoms with E-state index >= 15 is 0 Å². The minimum Gasteiger partial charge on any atom is -0.464 e. The molecule has 1 fully saturated rings. The number of fused-ring (bicyclic) bond motifs is 8. The Bertz CT molecular complexity index is 1300. The zero-order valence-corrected chi connectivity index (χ0v) is 21.2. The number of ketones is 2. The summed E-state index contributed by atoms with van der Waals surface area (Å²) in [4.78, 5) is 55.3. The first-order chi connectivity index (χ1) is 15.9. The van der Waals surface area contributed by atoms with E-state index in [-0.39, 0.29) is 22.4 Å². The van der Waals surface area contributed by atoms with E-state index in [1.54, 1.807) is 27.7 Å². The molecule has 1 saturated carbocycles. The summed E-state index contributed by atoms with van der Waals surface area (Å²) < 4.78 is 12.3. The van der Waals surface area contributed by atoms with Crippen LogP contribution in [0.2, 0.25) is 0 Å². The fourth-order valence-electron chi connectivity index (χ4n) is 6.67. The van der Waals surface area contributed by atoms with Crippen LogP contribution in [0.3, 0.4) is 0 Å². The molecule has 0 aliphatic heterocycles. The largest absolute Gasteiger partial charge is 0.464 e. The van der Waals surface area contributed by atoms with Crippen molar-refractivity contribution in [3.8, 4) is 0 Å². The maximum absolute atomic E-state index is 14.0. The van der Waals surface area contributed by atoms with Gasteiger partial charge in [-0.3, -0.25) is 19.2 Å². The molecule has 0 N–H and O–H groups in total. The molecule has 0 aromatic carbocycles. The van der Waals surface area contributed by atoms with Crippen LogP contribution in [-0.4, -0.2) is 11.6 Å². The summed E-state index contributed by atoms with van der Waals surface area (Å²) in [5, 5.41) is 0. The highest BCUT2D eigenvalue weighted by Crippen LogP contribution is 2.67. The molecule has 0 amide bonds. The Morgan fingerprint density at radius 3 is 1.24 bits per heavy atom. The van der Waals surface area contributed by atoms with E-state index in [0.29, 0.717) is 58.1 Å². The lowest BCUT2D eigenvalue weighted by atomic mass is 9.40. The zero-order chi connectivity index (χ0) is 25.1. The summed E-state index contributed by atoms with van der Waals surface area (Å²) in [6.07, 6.45) is 0.919. The molecule has 0 spiro atoms.